The van der Waals surface area contributed by atoms with Gasteiger partial charge in [-0.2, -0.15) is 0 Å². The topological polar surface area (TPSA) is 54.0 Å². The third kappa shape index (κ3) is 3.57. The Balaban J connectivity index is 1.78. The van der Waals surface area contributed by atoms with Crippen molar-refractivity contribution in [2.45, 2.75) is 6.61 Å². The van der Waals surface area contributed by atoms with Gasteiger partial charge in [-0.3, -0.25) is 0 Å². The summed E-state index contributed by atoms with van der Waals surface area (Å²) < 4.78 is 21.4. The Labute approximate surface area is 152 Å². The highest BCUT2D eigenvalue weighted by molar-refractivity contribution is 5.95. The van der Waals surface area contributed by atoms with E-state index in [1.165, 1.54) is 0 Å². The molecule has 0 aliphatic heterocycles. The van der Waals surface area contributed by atoms with Gasteiger partial charge in [-0.15, -0.1) is 0 Å². The van der Waals surface area contributed by atoms with Gasteiger partial charge in [0.2, 0.25) is 5.75 Å². The van der Waals surface area contributed by atoms with Crippen LogP contribution in [-0.2, 0) is 11.3 Å². The van der Waals surface area contributed by atoms with Crippen LogP contribution in [0.2, 0.25) is 0 Å². The molecule has 0 saturated heterocycles. The Kier molecular flexibility index (Phi) is 5.27. The summed E-state index contributed by atoms with van der Waals surface area (Å²) in [5.41, 5.74) is 1.25. The summed E-state index contributed by atoms with van der Waals surface area (Å²) in [4.78, 5) is 12.4. The Bertz CT molecular complexity index is 908. The third-order valence-corrected chi connectivity index (χ3v) is 4.08. The molecule has 0 N–H and O–H groups in total. The van der Waals surface area contributed by atoms with Crippen LogP contribution in [0.1, 0.15) is 15.9 Å². The number of hydrogen-bond donors (Lipinski definition) is 0. The van der Waals surface area contributed by atoms with E-state index in [2.05, 4.69) is 0 Å². The summed E-state index contributed by atoms with van der Waals surface area (Å²) in [6, 6.07) is 16.9. The molecule has 5 heteroatoms. The summed E-state index contributed by atoms with van der Waals surface area (Å²) in [5, 5.41) is 2.07. The second-order valence-corrected chi connectivity index (χ2v) is 5.67. The number of rotatable bonds is 6. The zero-order chi connectivity index (χ0) is 18.5. The summed E-state index contributed by atoms with van der Waals surface area (Å²) in [5.74, 6) is 1.15. The molecular weight excluding hydrogens is 332 g/mol. The van der Waals surface area contributed by atoms with Crippen molar-refractivity contribution >= 4 is 16.7 Å². The van der Waals surface area contributed by atoms with Crippen LogP contribution in [0.25, 0.3) is 10.8 Å². The van der Waals surface area contributed by atoms with Crippen LogP contribution in [0, 0.1) is 0 Å². The highest BCUT2D eigenvalue weighted by atomic mass is 16.5. The Morgan fingerprint density at radius 1 is 0.808 bits per heavy atom. The van der Waals surface area contributed by atoms with E-state index in [9.17, 15) is 4.79 Å². The fourth-order valence-electron chi connectivity index (χ4n) is 2.77. The average molecular weight is 352 g/mol. The number of esters is 1. The Hall–Kier alpha value is -3.21. The maximum Gasteiger partial charge on any atom is 0.338 e. The number of carbonyl (C=O) groups is 1. The minimum atomic E-state index is -0.385. The largest absolute Gasteiger partial charge is 0.493 e. The average Bonchev–Trinajstić information content (AvgIpc) is 2.70. The fraction of sp³-hybridized carbons (Fsp3) is 0.190. The number of fused-ring (bicyclic) bond motifs is 1. The molecule has 5 nitrogen and oxygen atoms in total. The first-order valence-electron chi connectivity index (χ1n) is 8.11. The molecule has 0 unspecified atom stereocenters. The van der Waals surface area contributed by atoms with Crippen LogP contribution >= 0.6 is 0 Å². The molecule has 3 aromatic rings. The summed E-state index contributed by atoms with van der Waals surface area (Å²) in [6.45, 7) is 0.0996. The first-order chi connectivity index (χ1) is 12.7. The smallest absolute Gasteiger partial charge is 0.338 e. The van der Waals surface area contributed by atoms with Gasteiger partial charge < -0.3 is 18.9 Å². The van der Waals surface area contributed by atoms with Gasteiger partial charge in [0.1, 0.15) is 6.61 Å². The second kappa shape index (κ2) is 7.78. The van der Waals surface area contributed by atoms with Crippen molar-refractivity contribution in [2.75, 3.05) is 21.3 Å². The van der Waals surface area contributed by atoms with E-state index in [-0.39, 0.29) is 12.6 Å². The fourth-order valence-corrected chi connectivity index (χ4v) is 2.77. The lowest BCUT2D eigenvalue weighted by Crippen LogP contribution is -2.06. The van der Waals surface area contributed by atoms with Gasteiger partial charge in [-0.1, -0.05) is 30.3 Å². The Morgan fingerprint density at radius 2 is 1.46 bits per heavy atom. The van der Waals surface area contributed by atoms with Crippen LogP contribution in [0.15, 0.2) is 54.6 Å². The van der Waals surface area contributed by atoms with E-state index in [4.69, 9.17) is 18.9 Å². The number of methoxy groups -OCH3 is 3. The van der Waals surface area contributed by atoms with E-state index in [0.29, 0.717) is 22.8 Å². The maximum atomic E-state index is 12.4. The van der Waals surface area contributed by atoms with Crippen molar-refractivity contribution in [2.24, 2.45) is 0 Å². The summed E-state index contributed by atoms with van der Waals surface area (Å²) in [6.07, 6.45) is 0. The number of benzene rings is 3. The van der Waals surface area contributed by atoms with E-state index in [0.717, 1.165) is 16.3 Å². The van der Waals surface area contributed by atoms with Gasteiger partial charge in [-0.25, -0.2) is 4.79 Å². The molecule has 134 valence electrons. The molecule has 0 heterocycles. The maximum absolute atomic E-state index is 12.4. The van der Waals surface area contributed by atoms with Crippen LogP contribution in [0.4, 0.5) is 0 Å². The van der Waals surface area contributed by atoms with Crippen molar-refractivity contribution < 1.29 is 23.7 Å². The molecule has 0 atom stereocenters. The minimum absolute atomic E-state index is 0.0996. The molecular formula is C21H20O5. The van der Waals surface area contributed by atoms with Gasteiger partial charge in [0.25, 0.3) is 0 Å². The normalized spacial score (nSPS) is 10.4. The summed E-state index contributed by atoms with van der Waals surface area (Å²) >= 11 is 0. The monoisotopic (exact) mass is 352 g/mol. The quantitative estimate of drug-likeness (QED) is 0.622. The molecule has 0 aliphatic carbocycles. The van der Waals surface area contributed by atoms with Gasteiger partial charge >= 0.3 is 5.97 Å². The van der Waals surface area contributed by atoms with E-state index < -0.39 is 0 Å². The van der Waals surface area contributed by atoms with Crippen molar-refractivity contribution in [1.82, 2.24) is 0 Å². The lowest BCUT2D eigenvalue weighted by Gasteiger charge is -2.14. The Morgan fingerprint density at radius 3 is 2.08 bits per heavy atom. The third-order valence-electron chi connectivity index (χ3n) is 4.08. The number of hydrogen-bond acceptors (Lipinski definition) is 5. The van der Waals surface area contributed by atoms with E-state index in [1.54, 1.807) is 39.5 Å². The zero-order valence-corrected chi connectivity index (χ0v) is 14.9. The van der Waals surface area contributed by atoms with E-state index >= 15 is 0 Å². The highest BCUT2D eigenvalue weighted by Crippen LogP contribution is 2.38. The predicted octanol–water partition coefficient (Wildman–Crippen LogP) is 4.22. The molecule has 0 saturated carbocycles. The lowest BCUT2D eigenvalue weighted by atomic mass is 10.1. The van der Waals surface area contributed by atoms with Gasteiger partial charge in [0, 0.05) is 0 Å². The molecule has 0 aromatic heterocycles. The first kappa shape index (κ1) is 17.6. The highest BCUT2D eigenvalue weighted by Gasteiger charge is 2.15. The van der Waals surface area contributed by atoms with Gasteiger partial charge in [0.15, 0.2) is 11.5 Å². The van der Waals surface area contributed by atoms with Crippen molar-refractivity contribution in [3.63, 3.8) is 0 Å². The number of carbonyl (C=O) groups excluding carboxylic acids is 1. The standard InChI is InChI=1S/C21H20O5/c1-23-18-10-14(11-19(24-2)20(18)25-3)13-26-21(22)17-9-8-15-6-4-5-7-16(15)12-17/h4-12H,13H2,1-3H3. The second-order valence-electron chi connectivity index (χ2n) is 5.67. The van der Waals surface area contributed by atoms with Gasteiger partial charge in [0.05, 0.1) is 26.9 Å². The number of ether oxygens (including phenoxy) is 4. The van der Waals surface area contributed by atoms with Crippen molar-refractivity contribution in [3.05, 3.63) is 65.7 Å². The first-order valence-corrected chi connectivity index (χ1v) is 8.11. The SMILES string of the molecule is COc1cc(COC(=O)c2ccc3ccccc3c2)cc(OC)c1OC. The molecule has 0 bridgehead atoms. The summed E-state index contributed by atoms with van der Waals surface area (Å²) in [7, 11) is 4.63. The molecule has 0 aliphatic rings. The molecule has 3 aromatic carbocycles. The van der Waals surface area contributed by atoms with Crippen LogP contribution in [0.5, 0.6) is 17.2 Å². The predicted molar refractivity (Wildman–Crippen MR) is 99.2 cm³/mol. The molecule has 3 rings (SSSR count). The van der Waals surface area contributed by atoms with Crippen molar-refractivity contribution in [3.8, 4) is 17.2 Å². The van der Waals surface area contributed by atoms with E-state index in [1.807, 2.05) is 36.4 Å². The molecule has 0 amide bonds. The molecule has 0 fully saturated rings. The minimum Gasteiger partial charge on any atom is -0.493 e. The molecule has 0 spiro atoms. The van der Waals surface area contributed by atoms with Crippen LogP contribution < -0.4 is 14.2 Å². The van der Waals surface area contributed by atoms with Gasteiger partial charge in [-0.05, 0) is 40.6 Å². The zero-order valence-electron chi connectivity index (χ0n) is 14.9. The lowest BCUT2D eigenvalue weighted by molar-refractivity contribution is 0.0472. The molecule has 26 heavy (non-hydrogen) atoms. The molecule has 0 radical (unpaired) electrons. The van der Waals surface area contributed by atoms with Crippen LogP contribution in [0.3, 0.4) is 0 Å². The van der Waals surface area contributed by atoms with Crippen molar-refractivity contribution in [1.29, 1.82) is 0 Å². The van der Waals surface area contributed by atoms with Crippen LogP contribution in [-0.4, -0.2) is 27.3 Å².